The molecule has 2 aromatic rings. The van der Waals surface area contributed by atoms with Gasteiger partial charge in [-0.15, -0.1) is 0 Å². The topological polar surface area (TPSA) is 26.6 Å². The molecule has 0 saturated heterocycles. The molecule has 4 heteroatoms. The first-order valence-corrected chi connectivity index (χ1v) is 7.03. The van der Waals surface area contributed by atoms with Crippen molar-refractivity contribution < 1.29 is 9.47 Å². The quantitative estimate of drug-likeness (QED) is 0.857. The summed E-state index contributed by atoms with van der Waals surface area (Å²) in [5.41, 5.74) is 1.18. The van der Waals surface area contributed by atoms with Gasteiger partial charge in [0, 0.05) is 29.7 Å². The second-order valence-corrected chi connectivity index (χ2v) is 5.73. The normalized spacial score (nSPS) is 22.1. The van der Waals surface area contributed by atoms with Gasteiger partial charge in [0.05, 0.1) is 19.7 Å². The minimum atomic E-state index is 0.571. The molecule has 0 unspecified atom stereocenters. The van der Waals surface area contributed by atoms with Gasteiger partial charge >= 0.3 is 0 Å². The Kier molecular flexibility index (Phi) is 3.34. The Bertz CT molecular complexity index is 612. The number of hydrogen-bond acceptors (Lipinski definition) is 3. The van der Waals surface area contributed by atoms with Gasteiger partial charge in [0.25, 0.3) is 0 Å². The fourth-order valence-electron chi connectivity index (χ4n) is 3.03. The zero-order valence-corrected chi connectivity index (χ0v) is 12.6. The van der Waals surface area contributed by atoms with Gasteiger partial charge in [0.2, 0.25) is 0 Å². The van der Waals surface area contributed by atoms with Crippen molar-refractivity contribution in [3.63, 3.8) is 0 Å². The molecule has 0 atom stereocenters. The maximum Gasteiger partial charge on any atom is 0.146 e. The van der Waals surface area contributed by atoms with E-state index < -0.39 is 0 Å². The summed E-state index contributed by atoms with van der Waals surface area (Å²) < 4.78 is 13.2. The predicted molar refractivity (Wildman–Crippen MR) is 80.8 cm³/mol. The summed E-state index contributed by atoms with van der Waals surface area (Å²) in [5, 5.41) is 1.18. The molecule has 0 spiro atoms. The molecule has 20 heavy (non-hydrogen) atoms. The molecule has 1 saturated carbocycles. The number of nitrogens with zero attached hydrogens (tertiary/aromatic N) is 2. The second-order valence-electron chi connectivity index (χ2n) is 5.73. The standard InChI is InChI=1S/C16H22N2O2/c1-17(2)12-8-13(9-12)18-6-5-11-7-14(19-3)10-15(20-4)16(11)18/h5-7,10,12-13H,8-9H2,1-4H3. The molecule has 1 aromatic carbocycles. The second kappa shape index (κ2) is 5.02. The highest BCUT2D eigenvalue weighted by atomic mass is 16.5. The maximum absolute atomic E-state index is 5.55. The molecule has 1 fully saturated rings. The number of rotatable bonds is 4. The molecule has 1 aromatic heterocycles. The fraction of sp³-hybridized carbons (Fsp3) is 0.500. The summed E-state index contributed by atoms with van der Waals surface area (Å²) in [4.78, 5) is 2.31. The average Bonchev–Trinajstić information content (AvgIpc) is 2.79. The lowest BCUT2D eigenvalue weighted by molar-refractivity contribution is 0.131. The third kappa shape index (κ3) is 2.04. The lowest BCUT2D eigenvalue weighted by Gasteiger charge is -2.40. The first-order valence-electron chi connectivity index (χ1n) is 7.03. The van der Waals surface area contributed by atoms with Gasteiger partial charge in [-0.1, -0.05) is 0 Å². The van der Waals surface area contributed by atoms with Gasteiger partial charge in [-0.05, 0) is 39.1 Å². The molecule has 1 aliphatic carbocycles. The summed E-state index contributed by atoms with van der Waals surface area (Å²) in [6.45, 7) is 0. The van der Waals surface area contributed by atoms with E-state index in [0.29, 0.717) is 12.1 Å². The first-order chi connectivity index (χ1) is 9.63. The van der Waals surface area contributed by atoms with Crippen LogP contribution in [-0.4, -0.2) is 43.8 Å². The Morgan fingerprint density at radius 2 is 1.90 bits per heavy atom. The Morgan fingerprint density at radius 1 is 1.15 bits per heavy atom. The molecule has 0 amide bonds. The highest BCUT2D eigenvalue weighted by molar-refractivity contribution is 5.88. The van der Waals surface area contributed by atoms with Gasteiger partial charge in [-0.3, -0.25) is 0 Å². The smallest absolute Gasteiger partial charge is 0.146 e. The minimum Gasteiger partial charge on any atom is -0.497 e. The van der Waals surface area contributed by atoms with Crippen LogP contribution in [0.2, 0.25) is 0 Å². The third-order valence-electron chi connectivity index (χ3n) is 4.42. The molecule has 0 bridgehead atoms. The van der Waals surface area contributed by atoms with Crippen LogP contribution in [0.3, 0.4) is 0 Å². The number of fused-ring (bicyclic) bond motifs is 1. The molecule has 108 valence electrons. The first kappa shape index (κ1) is 13.3. The summed E-state index contributed by atoms with van der Waals surface area (Å²) in [6, 6.07) is 7.43. The van der Waals surface area contributed by atoms with E-state index in [-0.39, 0.29) is 0 Å². The van der Waals surface area contributed by atoms with E-state index >= 15 is 0 Å². The molecule has 0 radical (unpaired) electrons. The van der Waals surface area contributed by atoms with Crippen molar-refractivity contribution in [2.24, 2.45) is 0 Å². The number of methoxy groups -OCH3 is 2. The monoisotopic (exact) mass is 274 g/mol. The largest absolute Gasteiger partial charge is 0.497 e. The van der Waals surface area contributed by atoms with E-state index in [1.807, 2.05) is 6.07 Å². The zero-order valence-electron chi connectivity index (χ0n) is 12.6. The van der Waals surface area contributed by atoms with Crippen molar-refractivity contribution in [1.29, 1.82) is 0 Å². The molecule has 0 aliphatic heterocycles. The summed E-state index contributed by atoms with van der Waals surface area (Å²) in [6.07, 6.45) is 4.57. The van der Waals surface area contributed by atoms with Gasteiger partial charge in [-0.25, -0.2) is 0 Å². The van der Waals surface area contributed by atoms with Crippen molar-refractivity contribution in [2.75, 3.05) is 28.3 Å². The molecule has 3 rings (SSSR count). The molecule has 1 aliphatic rings. The molecule has 4 nitrogen and oxygen atoms in total. The van der Waals surface area contributed by atoms with Crippen LogP contribution in [0, 0.1) is 0 Å². The molecular formula is C16H22N2O2. The van der Waals surface area contributed by atoms with E-state index in [9.17, 15) is 0 Å². The van der Waals surface area contributed by atoms with Crippen molar-refractivity contribution in [2.45, 2.75) is 24.9 Å². The number of ether oxygens (including phenoxy) is 2. The van der Waals surface area contributed by atoms with Crippen LogP contribution >= 0.6 is 0 Å². The van der Waals surface area contributed by atoms with Crippen LogP contribution in [0.1, 0.15) is 18.9 Å². The van der Waals surface area contributed by atoms with Crippen molar-refractivity contribution in [3.8, 4) is 11.5 Å². The van der Waals surface area contributed by atoms with Crippen molar-refractivity contribution >= 4 is 10.9 Å². The van der Waals surface area contributed by atoms with E-state index in [1.54, 1.807) is 14.2 Å². The fourth-order valence-corrected chi connectivity index (χ4v) is 3.03. The number of aromatic nitrogens is 1. The lowest BCUT2D eigenvalue weighted by atomic mass is 9.85. The van der Waals surface area contributed by atoms with Crippen LogP contribution in [0.15, 0.2) is 24.4 Å². The van der Waals surface area contributed by atoms with E-state index in [4.69, 9.17) is 9.47 Å². The van der Waals surface area contributed by atoms with Gasteiger partial charge in [-0.2, -0.15) is 0 Å². The van der Waals surface area contributed by atoms with Crippen LogP contribution in [0.5, 0.6) is 11.5 Å². The summed E-state index contributed by atoms with van der Waals surface area (Å²) in [5.74, 6) is 1.73. The van der Waals surface area contributed by atoms with E-state index in [2.05, 4.69) is 41.9 Å². The Labute approximate surface area is 119 Å². The minimum absolute atomic E-state index is 0.571. The van der Waals surface area contributed by atoms with Crippen LogP contribution < -0.4 is 9.47 Å². The highest BCUT2D eigenvalue weighted by Crippen LogP contribution is 2.40. The Morgan fingerprint density at radius 3 is 2.50 bits per heavy atom. The summed E-state index contributed by atoms with van der Waals surface area (Å²) in [7, 11) is 7.71. The predicted octanol–water partition coefficient (Wildman–Crippen LogP) is 2.92. The average molecular weight is 274 g/mol. The van der Waals surface area contributed by atoms with Gasteiger partial charge < -0.3 is 18.9 Å². The molecular weight excluding hydrogens is 252 g/mol. The molecule has 0 N–H and O–H groups in total. The highest BCUT2D eigenvalue weighted by Gasteiger charge is 2.32. The van der Waals surface area contributed by atoms with E-state index in [1.165, 1.54) is 23.7 Å². The Balaban J connectivity index is 1.97. The molecule has 1 heterocycles. The number of benzene rings is 1. The van der Waals surface area contributed by atoms with Gasteiger partial charge in [0.1, 0.15) is 11.5 Å². The van der Waals surface area contributed by atoms with Crippen molar-refractivity contribution in [1.82, 2.24) is 9.47 Å². The van der Waals surface area contributed by atoms with Crippen LogP contribution in [-0.2, 0) is 0 Å². The number of hydrogen-bond donors (Lipinski definition) is 0. The van der Waals surface area contributed by atoms with Crippen LogP contribution in [0.4, 0.5) is 0 Å². The van der Waals surface area contributed by atoms with Gasteiger partial charge in [0.15, 0.2) is 0 Å². The SMILES string of the molecule is COc1cc(OC)c2c(ccn2C2CC(N(C)C)C2)c1. The van der Waals surface area contributed by atoms with Crippen LogP contribution in [0.25, 0.3) is 10.9 Å². The van der Waals surface area contributed by atoms with E-state index in [0.717, 1.165) is 11.5 Å². The summed E-state index contributed by atoms with van der Waals surface area (Å²) >= 11 is 0. The third-order valence-corrected chi connectivity index (χ3v) is 4.42. The van der Waals surface area contributed by atoms with Crippen molar-refractivity contribution in [3.05, 3.63) is 24.4 Å². The lowest BCUT2D eigenvalue weighted by Crippen LogP contribution is -2.41. The maximum atomic E-state index is 5.55. The Hall–Kier alpha value is -1.68. The zero-order chi connectivity index (χ0) is 14.3.